The van der Waals surface area contributed by atoms with Gasteiger partial charge < -0.3 is 10.1 Å². The van der Waals surface area contributed by atoms with Gasteiger partial charge >= 0.3 is 6.61 Å². The van der Waals surface area contributed by atoms with Crippen LogP contribution in [0.3, 0.4) is 0 Å². The Bertz CT molecular complexity index is 285. The normalized spacial score (nSPS) is 10.8. The second-order valence-corrected chi connectivity index (χ2v) is 3.68. The summed E-state index contributed by atoms with van der Waals surface area (Å²) in [5, 5.41) is 3.18. The Labute approximate surface area is 88.3 Å². The van der Waals surface area contributed by atoms with Crippen LogP contribution in [-0.4, -0.2) is 13.2 Å². The summed E-state index contributed by atoms with van der Waals surface area (Å²) in [7, 11) is 0. The maximum Gasteiger partial charge on any atom is 0.387 e. The maximum atomic E-state index is 11.8. The number of hydrogen-bond acceptors (Lipinski definition) is 2. The Kier molecular flexibility index (Phi) is 4.34. The lowest BCUT2D eigenvalue weighted by molar-refractivity contribution is -0.0498. The molecule has 0 spiro atoms. The smallest absolute Gasteiger partial charge is 0.387 e. The van der Waals surface area contributed by atoms with Crippen molar-refractivity contribution < 1.29 is 13.5 Å². The number of rotatable bonds is 5. The van der Waals surface area contributed by atoms with Gasteiger partial charge in [-0.3, -0.25) is 0 Å². The number of nitrogens with one attached hydrogen (secondary N) is 1. The lowest BCUT2D eigenvalue weighted by atomic mass is 10.2. The molecule has 0 fully saturated rings. The zero-order valence-electron chi connectivity index (χ0n) is 8.84. The van der Waals surface area contributed by atoms with E-state index in [-0.39, 0.29) is 5.75 Å². The minimum atomic E-state index is -2.76. The van der Waals surface area contributed by atoms with E-state index in [9.17, 15) is 8.78 Å². The number of hydrogen-bond donors (Lipinski definition) is 1. The molecule has 0 aromatic heterocycles. The van der Waals surface area contributed by atoms with Crippen LogP contribution in [0.4, 0.5) is 14.5 Å². The zero-order chi connectivity index (χ0) is 11.3. The highest BCUT2D eigenvalue weighted by molar-refractivity contribution is 5.46. The summed E-state index contributed by atoms with van der Waals surface area (Å²) in [6.07, 6.45) is 0. The molecule has 0 heterocycles. The number of halogens is 2. The SMILES string of the molecule is CC(C)CNc1ccc(OC(F)F)cc1. The molecule has 1 aromatic rings. The van der Waals surface area contributed by atoms with Crippen LogP contribution in [0.2, 0.25) is 0 Å². The Morgan fingerprint density at radius 1 is 1.20 bits per heavy atom. The summed E-state index contributed by atoms with van der Waals surface area (Å²) in [5.41, 5.74) is 0.908. The molecule has 0 unspecified atom stereocenters. The molecule has 0 saturated heterocycles. The van der Waals surface area contributed by atoms with Crippen molar-refractivity contribution in [3.63, 3.8) is 0 Å². The molecule has 0 aliphatic heterocycles. The molecule has 0 amide bonds. The van der Waals surface area contributed by atoms with E-state index in [0.29, 0.717) is 5.92 Å². The second-order valence-electron chi connectivity index (χ2n) is 3.68. The van der Waals surface area contributed by atoms with Crippen molar-refractivity contribution >= 4 is 5.69 Å². The van der Waals surface area contributed by atoms with E-state index >= 15 is 0 Å². The molecule has 0 bridgehead atoms. The van der Waals surface area contributed by atoms with E-state index in [2.05, 4.69) is 23.9 Å². The quantitative estimate of drug-likeness (QED) is 0.813. The average molecular weight is 215 g/mol. The molecule has 15 heavy (non-hydrogen) atoms. The minimum absolute atomic E-state index is 0.181. The van der Waals surface area contributed by atoms with Gasteiger partial charge in [-0.2, -0.15) is 8.78 Å². The number of ether oxygens (including phenoxy) is 1. The third-order valence-corrected chi connectivity index (χ3v) is 1.79. The molecule has 2 nitrogen and oxygen atoms in total. The molecule has 4 heteroatoms. The lowest BCUT2D eigenvalue weighted by Gasteiger charge is -2.09. The van der Waals surface area contributed by atoms with Gasteiger partial charge in [0.1, 0.15) is 5.75 Å². The first-order valence-electron chi connectivity index (χ1n) is 4.86. The van der Waals surface area contributed by atoms with Gasteiger partial charge in [-0.15, -0.1) is 0 Å². The van der Waals surface area contributed by atoms with Crippen LogP contribution in [-0.2, 0) is 0 Å². The van der Waals surface area contributed by atoms with Gasteiger partial charge in [0.25, 0.3) is 0 Å². The van der Waals surface area contributed by atoms with Crippen LogP contribution >= 0.6 is 0 Å². The molecule has 0 radical (unpaired) electrons. The third-order valence-electron chi connectivity index (χ3n) is 1.79. The summed E-state index contributed by atoms with van der Waals surface area (Å²) >= 11 is 0. The third kappa shape index (κ3) is 4.63. The molecule has 0 atom stereocenters. The van der Waals surface area contributed by atoms with E-state index in [1.54, 1.807) is 12.1 Å². The van der Waals surface area contributed by atoms with Crippen molar-refractivity contribution in [2.45, 2.75) is 20.5 Å². The van der Waals surface area contributed by atoms with Crippen LogP contribution in [0.5, 0.6) is 5.75 Å². The fourth-order valence-corrected chi connectivity index (χ4v) is 1.08. The van der Waals surface area contributed by atoms with Gasteiger partial charge in [0.2, 0.25) is 0 Å². The monoisotopic (exact) mass is 215 g/mol. The van der Waals surface area contributed by atoms with Crippen LogP contribution in [0.25, 0.3) is 0 Å². The second kappa shape index (κ2) is 5.53. The van der Waals surface area contributed by atoms with Crippen molar-refractivity contribution in [1.29, 1.82) is 0 Å². The average Bonchev–Trinajstić information content (AvgIpc) is 2.16. The highest BCUT2D eigenvalue weighted by Crippen LogP contribution is 2.17. The molecule has 1 N–H and O–H groups in total. The number of alkyl halides is 2. The Morgan fingerprint density at radius 2 is 1.80 bits per heavy atom. The largest absolute Gasteiger partial charge is 0.435 e. The predicted molar refractivity (Wildman–Crippen MR) is 56.4 cm³/mol. The Balaban J connectivity index is 2.49. The Hall–Kier alpha value is -1.32. The molecule has 84 valence electrons. The molecule has 0 saturated carbocycles. The van der Waals surface area contributed by atoms with Crippen molar-refractivity contribution in [1.82, 2.24) is 0 Å². The number of benzene rings is 1. The lowest BCUT2D eigenvalue weighted by Crippen LogP contribution is -2.07. The van der Waals surface area contributed by atoms with Crippen molar-refractivity contribution in [2.24, 2.45) is 5.92 Å². The van der Waals surface area contributed by atoms with Crippen LogP contribution < -0.4 is 10.1 Å². The van der Waals surface area contributed by atoms with Crippen molar-refractivity contribution in [2.75, 3.05) is 11.9 Å². The van der Waals surface area contributed by atoms with Gasteiger partial charge in [-0.1, -0.05) is 13.8 Å². The summed E-state index contributed by atoms with van der Waals surface area (Å²) < 4.78 is 27.9. The van der Waals surface area contributed by atoms with Gasteiger partial charge in [0, 0.05) is 12.2 Å². The topological polar surface area (TPSA) is 21.3 Å². The minimum Gasteiger partial charge on any atom is -0.435 e. The summed E-state index contributed by atoms with van der Waals surface area (Å²) in [6, 6.07) is 6.49. The van der Waals surface area contributed by atoms with Gasteiger partial charge in [0.05, 0.1) is 0 Å². The molecular weight excluding hydrogens is 200 g/mol. The first kappa shape index (κ1) is 11.8. The molecule has 0 aliphatic carbocycles. The van der Waals surface area contributed by atoms with E-state index in [1.807, 2.05) is 0 Å². The van der Waals surface area contributed by atoms with Crippen LogP contribution in [0.15, 0.2) is 24.3 Å². The highest BCUT2D eigenvalue weighted by atomic mass is 19.3. The van der Waals surface area contributed by atoms with Crippen molar-refractivity contribution in [3.05, 3.63) is 24.3 Å². The first-order chi connectivity index (χ1) is 7.08. The summed E-state index contributed by atoms with van der Waals surface area (Å²) in [4.78, 5) is 0. The fraction of sp³-hybridized carbons (Fsp3) is 0.455. The van der Waals surface area contributed by atoms with Crippen LogP contribution in [0, 0.1) is 5.92 Å². The molecule has 1 aromatic carbocycles. The summed E-state index contributed by atoms with van der Waals surface area (Å²) in [5.74, 6) is 0.724. The zero-order valence-corrected chi connectivity index (χ0v) is 8.84. The van der Waals surface area contributed by atoms with Crippen molar-refractivity contribution in [3.8, 4) is 5.75 Å². The maximum absolute atomic E-state index is 11.8. The van der Waals surface area contributed by atoms with E-state index in [4.69, 9.17) is 0 Å². The standard InChI is InChI=1S/C11H15F2NO/c1-8(2)7-14-9-3-5-10(6-4-9)15-11(12)13/h3-6,8,11,14H,7H2,1-2H3. The molecule has 0 aliphatic rings. The highest BCUT2D eigenvalue weighted by Gasteiger charge is 2.03. The summed E-state index contributed by atoms with van der Waals surface area (Å²) in [6.45, 7) is 2.29. The molecule has 1 rings (SSSR count). The number of anilines is 1. The fourth-order valence-electron chi connectivity index (χ4n) is 1.08. The van der Waals surface area contributed by atoms with Gasteiger partial charge in [-0.05, 0) is 30.2 Å². The Morgan fingerprint density at radius 3 is 2.27 bits per heavy atom. The van der Waals surface area contributed by atoms with E-state index in [0.717, 1.165) is 12.2 Å². The van der Waals surface area contributed by atoms with Gasteiger partial charge in [-0.25, -0.2) is 0 Å². The predicted octanol–water partition coefficient (Wildman–Crippen LogP) is 3.36. The van der Waals surface area contributed by atoms with Gasteiger partial charge in [0.15, 0.2) is 0 Å². The van der Waals surface area contributed by atoms with E-state index < -0.39 is 6.61 Å². The van der Waals surface area contributed by atoms with E-state index in [1.165, 1.54) is 12.1 Å². The first-order valence-corrected chi connectivity index (χ1v) is 4.86. The molecular formula is C11H15F2NO. The van der Waals surface area contributed by atoms with Crippen LogP contribution in [0.1, 0.15) is 13.8 Å².